The Morgan fingerprint density at radius 1 is 1.46 bits per heavy atom. The number of morpholine rings is 1. The Morgan fingerprint density at radius 2 is 2.29 bits per heavy atom. The van der Waals surface area contributed by atoms with E-state index in [-0.39, 0.29) is 42.9 Å². The van der Waals surface area contributed by atoms with Crippen molar-refractivity contribution in [1.29, 1.82) is 0 Å². The average molecular weight is 374 g/mol. The van der Waals surface area contributed by atoms with E-state index in [9.17, 15) is 4.79 Å². The maximum absolute atomic E-state index is 12.2. The number of carbonyl (C=O) groups is 1. The van der Waals surface area contributed by atoms with Gasteiger partial charge in [0.15, 0.2) is 5.82 Å². The van der Waals surface area contributed by atoms with Crippen molar-refractivity contribution in [2.75, 3.05) is 13.2 Å². The third kappa shape index (κ3) is 4.91. The molecule has 2 aromatic rings. The quantitative estimate of drug-likeness (QED) is 0.838. The normalized spacial score (nSPS) is 19.7. The Balaban J connectivity index is 0.00000144. The molecule has 1 fully saturated rings. The lowest BCUT2D eigenvalue weighted by Crippen LogP contribution is -2.55. The van der Waals surface area contributed by atoms with Gasteiger partial charge in [-0.2, -0.15) is 5.10 Å². The van der Waals surface area contributed by atoms with Crippen LogP contribution in [0.2, 0.25) is 0 Å². The van der Waals surface area contributed by atoms with Crippen LogP contribution < -0.4 is 10.6 Å². The molecule has 1 amide bonds. The number of pyridine rings is 1. The molecule has 3 rings (SSSR count). The molecule has 0 aromatic carbocycles. The minimum atomic E-state index is -0.304. The van der Waals surface area contributed by atoms with E-state index in [2.05, 4.69) is 20.7 Å². The molecule has 2 atom stereocenters. The van der Waals surface area contributed by atoms with Crippen molar-refractivity contribution in [1.82, 2.24) is 25.4 Å². The number of hydrogen-bond donors (Lipinski definition) is 2. The summed E-state index contributed by atoms with van der Waals surface area (Å²) in [5, 5.41) is 10.3. The van der Waals surface area contributed by atoms with Crippen LogP contribution in [0.3, 0.4) is 0 Å². The fourth-order valence-electron chi connectivity index (χ4n) is 2.43. The molecule has 1 saturated heterocycles. The van der Waals surface area contributed by atoms with Crippen molar-refractivity contribution >= 4 is 30.7 Å². The van der Waals surface area contributed by atoms with Gasteiger partial charge in [-0.05, 0) is 30.7 Å². The maximum atomic E-state index is 12.2. The topological polar surface area (TPSA) is 81.1 Å². The molecular formula is C15H21Cl2N5O2. The van der Waals surface area contributed by atoms with E-state index in [0.29, 0.717) is 19.7 Å². The minimum absolute atomic E-state index is 0. The van der Waals surface area contributed by atoms with Gasteiger partial charge in [0.05, 0.1) is 12.7 Å². The van der Waals surface area contributed by atoms with Crippen LogP contribution in [0.5, 0.6) is 0 Å². The first-order valence-electron chi connectivity index (χ1n) is 7.32. The lowest BCUT2D eigenvalue weighted by molar-refractivity contribution is -0.129. The molecule has 0 aliphatic carbocycles. The Morgan fingerprint density at radius 3 is 3.00 bits per heavy atom. The number of amides is 1. The smallest absolute Gasteiger partial charge is 0.240 e. The van der Waals surface area contributed by atoms with Gasteiger partial charge in [0, 0.05) is 31.7 Å². The minimum Gasteiger partial charge on any atom is -0.375 e. The van der Waals surface area contributed by atoms with Crippen molar-refractivity contribution in [3.05, 3.63) is 42.4 Å². The molecule has 0 bridgehead atoms. The molecule has 2 N–H and O–H groups in total. The van der Waals surface area contributed by atoms with Gasteiger partial charge in [0.2, 0.25) is 5.91 Å². The first kappa shape index (κ1) is 20.4. The number of halogens is 2. The van der Waals surface area contributed by atoms with Gasteiger partial charge in [-0.1, -0.05) is 0 Å². The van der Waals surface area contributed by atoms with Crippen molar-refractivity contribution in [3.63, 3.8) is 0 Å². The number of ether oxygens (including phenoxy) is 1. The molecule has 2 aromatic heterocycles. The van der Waals surface area contributed by atoms with Crippen LogP contribution in [-0.2, 0) is 16.1 Å². The summed E-state index contributed by atoms with van der Waals surface area (Å²) in [5.41, 5.74) is 0.971. The third-order valence-corrected chi connectivity index (χ3v) is 3.61. The van der Waals surface area contributed by atoms with Crippen LogP contribution in [-0.4, -0.2) is 46.0 Å². The second-order valence-corrected chi connectivity index (χ2v) is 5.20. The van der Waals surface area contributed by atoms with Crippen LogP contribution in [0.15, 0.2) is 36.8 Å². The van der Waals surface area contributed by atoms with Gasteiger partial charge >= 0.3 is 0 Å². The Kier molecular flexibility index (Phi) is 8.14. The van der Waals surface area contributed by atoms with Gasteiger partial charge in [0.1, 0.15) is 6.04 Å². The number of rotatable bonds is 4. The second kappa shape index (κ2) is 9.58. The van der Waals surface area contributed by atoms with Crippen LogP contribution in [0.1, 0.15) is 12.5 Å². The molecule has 0 unspecified atom stereocenters. The largest absolute Gasteiger partial charge is 0.375 e. The van der Waals surface area contributed by atoms with E-state index in [4.69, 9.17) is 4.74 Å². The van der Waals surface area contributed by atoms with E-state index in [0.717, 1.165) is 11.4 Å². The highest BCUT2D eigenvalue weighted by molar-refractivity contribution is 5.85. The first-order valence-corrected chi connectivity index (χ1v) is 7.32. The summed E-state index contributed by atoms with van der Waals surface area (Å²) in [6.45, 7) is 3.68. The van der Waals surface area contributed by atoms with Crippen molar-refractivity contribution in [2.24, 2.45) is 0 Å². The molecule has 0 radical (unpaired) electrons. The van der Waals surface area contributed by atoms with Crippen LogP contribution in [0.25, 0.3) is 5.82 Å². The van der Waals surface area contributed by atoms with E-state index < -0.39 is 0 Å². The predicted molar refractivity (Wildman–Crippen MR) is 94.9 cm³/mol. The summed E-state index contributed by atoms with van der Waals surface area (Å²) in [4.78, 5) is 16.5. The van der Waals surface area contributed by atoms with Crippen molar-refractivity contribution in [2.45, 2.75) is 25.6 Å². The van der Waals surface area contributed by atoms with Crippen LogP contribution in [0.4, 0.5) is 0 Å². The standard InChI is InChI=1S/C15H19N5O2.2ClH/c1-11-14(17-6-8-22-11)15(21)18-10-12-3-5-16-13(9-12)20-7-2-4-19-20;;/h2-5,7,9,11,14,17H,6,8,10H2,1H3,(H,18,21);2*1H/t11-,14+;;/m1../s1. The highest BCUT2D eigenvalue weighted by Gasteiger charge is 2.27. The molecule has 7 nitrogen and oxygen atoms in total. The Bertz CT molecular complexity index is 639. The molecule has 132 valence electrons. The monoisotopic (exact) mass is 373 g/mol. The maximum Gasteiger partial charge on any atom is 0.240 e. The summed E-state index contributed by atoms with van der Waals surface area (Å²) in [7, 11) is 0. The van der Waals surface area contributed by atoms with E-state index >= 15 is 0 Å². The molecule has 0 saturated carbocycles. The lowest BCUT2D eigenvalue weighted by atomic mass is 10.1. The van der Waals surface area contributed by atoms with Crippen molar-refractivity contribution < 1.29 is 9.53 Å². The molecule has 0 spiro atoms. The van der Waals surface area contributed by atoms with Gasteiger partial charge in [-0.25, -0.2) is 9.67 Å². The molecular weight excluding hydrogens is 353 g/mol. The predicted octanol–water partition coefficient (Wildman–Crippen LogP) is 1.10. The summed E-state index contributed by atoms with van der Waals surface area (Å²) in [6, 6.07) is 5.32. The highest BCUT2D eigenvalue weighted by Crippen LogP contribution is 2.07. The fraction of sp³-hybridized carbons (Fsp3) is 0.400. The lowest BCUT2D eigenvalue weighted by Gasteiger charge is -2.29. The second-order valence-electron chi connectivity index (χ2n) is 5.20. The zero-order valence-electron chi connectivity index (χ0n) is 13.2. The molecule has 9 heteroatoms. The SMILES string of the molecule is C[C@H]1OCCN[C@@H]1C(=O)NCc1ccnc(-n2cccn2)c1.Cl.Cl. The molecule has 1 aliphatic heterocycles. The van der Waals surface area contributed by atoms with Gasteiger partial charge in [-0.3, -0.25) is 4.79 Å². The molecule has 3 heterocycles. The Hall–Kier alpha value is -1.67. The van der Waals surface area contributed by atoms with Gasteiger partial charge in [-0.15, -0.1) is 24.8 Å². The summed E-state index contributed by atoms with van der Waals surface area (Å²) in [5.74, 6) is 0.675. The number of carbonyl (C=O) groups excluding carboxylic acids is 1. The molecule has 1 aliphatic rings. The number of aromatic nitrogens is 3. The van der Waals surface area contributed by atoms with E-state index in [1.54, 1.807) is 17.1 Å². The summed E-state index contributed by atoms with van der Waals surface area (Å²) < 4.78 is 7.17. The zero-order valence-corrected chi connectivity index (χ0v) is 14.8. The van der Waals surface area contributed by atoms with E-state index in [1.165, 1.54) is 0 Å². The molecule has 24 heavy (non-hydrogen) atoms. The number of hydrogen-bond acceptors (Lipinski definition) is 5. The van der Waals surface area contributed by atoms with Crippen LogP contribution >= 0.6 is 24.8 Å². The van der Waals surface area contributed by atoms with Gasteiger partial charge in [0.25, 0.3) is 0 Å². The van der Waals surface area contributed by atoms with E-state index in [1.807, 2.05) is 31.3 Å². The highest BCUT2D eigenvalue weighted by atomic mass is 35.5. The average Bonchev–Trinajstić information content (AvgIpc) is 3.08. The summed E-state index contributed by atoms with van der Waals surface area (Å²) in [6.07, 6.45) is 5.12. The summed E-state index contributed by atoms with van der Waals surface area (Å²) >= 11 is 0. The fourth-order valence-corrected chi connectivity index (χ4v) is 2.43. The van der Waals surface area contributed by atoms with Crippen molar-refractivity contribution in [3.8, 4) is 5.82 Å². The Labute approximate surface area is 153 Å². The number of nitrogens with zero attached hydrogens (tertiary/aromatic N) is 3. The van der Waals surface area contributed by atoms with Crippen LogP contribution in [0, 0.1) is 0 Å². The number of nitrogens with one attached hydrogen (secondary N) is 2. The zero-order chi connectivity index (χ0) is 15.4. The van der Waals surface area contributed by atoms with Gasteiger partial charge < -0.3 is 15.4 Å². The third-order valence-electron chi connectivity index (χ3n) is 3.61. The first-order chi connectivity index (χ1) is 10.7.